The maximum Gasteiger partial charge on any atom is 0.246 e. The van der Waals surface area contributed by atoms with Crippen molar-refractivity contribution in [3.63, 3.8) is 0 Å². The molecule has 0 saturated carbocycles. The molecule has 0 atom stereocenters. The van der Waals surface area contributed by atoms with Crippen molar-refractivity contribution in [2.45, 2.75) is 5.41 Å². The number of anilines is 1. The molecule has 0 spiro atoms. The molecule has 5 aromatic carbocycles. The number of fused-ring (bicyclic) bond motifs is 3. The quantitative estimate of drug-likeness (QED) is 0.355. The molecular formula is C29H20FNO3. The molecular weight excluding hydrogens is 429 g/mol. The molecule has 6 rings (SSSR count). The van der Waals surface area contributed by atoms with E-state index in [9.17, 15) is 19.4 Å². The molecule has 2 N–H and O–H groups in total. The zero-order valence-corrected chi connectivity index (χ0v) is 18.3. The molecule has 1 aliphatic rings. The minimum atomic E-state index is -1.64. The first-order valence-corrected chi connectivity index (χ1v) is 10.9. The molecule has 0 bridgehead atoms. The van der Waals surface area contributed by atoms with E-state index in [4.69, 9.17) is 0 Å². The minimum absolute atomic E-state index is 0.0791. The summed E-state index contributed by atoms with van der Waals surface area (Å²) in [6, 6.07) is 25.9. The number of benzene rings is 5. The van der Waals surface area contributed by atoms with Crippen LogP contribution in [0.5, 0.6) is 11.5 Å². The monoisotopic (exact) mass is 449 g/mol. The van der Waals surface area contributed by atoms with Gasteiger partial charge in [-0.3, -0.25) is 4.79 Å². The third-order valence-corrected chi connectivity index (χ3v) is 6.96. The summed E-state index contributed by atoms with van der Waals surface area (Å²) in [6.45, 7) is 0. The second-order valence-corrected chi connectivity index (χ2v) is 8.64. The molecule has 0 aromatic heterocycles. The van der Waals surface area contributed by atoms with Gasteiger partial charge in [0.25, 0.3) is 0 Å². The largest absolute Gasteiger partial charge is 0.507 e. The number of nitrogens with zero attached hydrogens (tertiary/aromatic N) is 1. The Labute approximate surface area is 195 Å². The molecule has 0 saturated heterocycles. The van der Waals surface area contributed by atoms with Crippen LogP contribution in [0.25, 0.3) is 21.5 Å². The van der Waals surface area contributed by atoms with Crippen molar-refractivity contribution in [1.82, 2.24) is 0 Å². The minimum Gasteiger partial charge on any atom is -0.507 e. The number of hydrogen-bond donors (Lipinski definition) is 2. The van der Waals surface area contributed by atoms with Gasteiger partial charge >= 0.3 is 0 Å². The van der Waals surface area contributed by atoms with Crippen LogP contribution in [0.3, 0.4) is 0 Å². The first-order valence-electron chi connectivity index (χ1n) is 10.9. The van der Waals surface area contributed by atoms with Gasteiger partial charge in [-0.15, -0.1) is 0 Å². The molecule has 1 amide bonds. The highest BCUT2D eigenvalue weighted by Crippen LogP contribution is 2.55. The summed E-state index contributed by atoms with van der Waals surface area (Å²) in [7, 11) is 1.62. The highest BCUT2D eigenvalue weighted by atomic mass is 19.1. The van der Waals surface area contributed by atoms with Gasteiger partial charge in [0.2, 0.25) is 5.91 Å². The van der Waals surface area contributed by atoms with Gasteiger partial charge in [0, 0.05) is 40.2 Å². The Hall–Kier alpha value is -4.38. The number of halogens is 1. The fourth-order valence-electron chi connectivity index (χ4n) is 5.36. The van der Waals surface area contributed by atoms with Crippen molar-refractivity contribution in [2.75, 3.05) is 11.9 Å². The summed E-state index contributed by atoms with van der Waals surface area (Å²) >= 11 is 0. The van der Waals surface area contributed by atoms with E-state index in [2.05, 4.69) is 0 Å². The predicted octanol–water partition coefficient (Wildman–Crippen LogP) is 5.85. The van der Waals surface area contributed by atoms with Gasteiger partial charge in [0.1, 0.15) is 22.7 Å². The van der Waals surface area contributed by atoms with E-state index in [1.54, 1.807) is 37.4 Å². The summed E-state index contributed by atoms with van der Waals surface area (Å²) in [5.74, 6) is -1.05. The molecule has 34 heavy (non-hydrogen) atoms. The van der Waals surface area contributed by atoms with E-state index in [0.717, 1.165) is 10.8 Å². The van der Waals surface area contributed by atoms with Crippen molar-refractivity contribution < 1.29 is 19.4 Å². The predicted molar refractivity (Wildman–Crippen MR) is 131 cm³/mol. The van der Waals surface area contributed by atoms with Crippen molar-refractivity contribution in [3.05, 3.63) is 114 Å². The Morgan fingerprint density at radius 1 is 0.706 bits per heavy atom. The third kappa shape index (κ3) is 2.49. The zero-order chi connectivity index (χ0) is 23.6. The summed E-state index contributed by atoms with van der Waals surface area (Å²) in [5.41, 5.74) is -0.173. The standard InChI is InChI=1S/C29H20FNO3/c1-31-25-15-12-19(30)16-24(25)29(28(31)34,22-13-10-17-6-2-4-8-20(17)26(22)32)23-14-11-18-7-3-5-9-21(18)27(23)33/h2-16,32-33H,1H3. The van der Waals surface area contributed by atoms with E-state index in [1.807, 2.05) is 48.5 Å². The van der Waals surface area contributed by atoms with Crippen LogP contribution in [-0.2, 0) is 10.2 Å². The van der Waals surface area contributed by atoms with E-state index >= 15 is 0 Å². The number of phenols is 2. The van der Waals surface area contributed by atoms with Gasteiger partial charge in [-0.1, -0.05) is 72.8 Å². The zero-order valence-electron chi connectivity index (χ0n) is 18.3. The van der Waals surface area contributed by atoms with Gasteiger partial charge < -0.3 is 15.1 Å². The number of carbonyl (C=O) groups excluding carboxylic acids is 1. The third-order valence-electron chi connectivity index (χ3n) is 6.96. The number of carbonyl (C=O) groups is 1. The lowest BCUT2D eigenvalue weighted by atomic mass is 9.68. The summed E-state index contributed by atoms with van der Waals surface area (Å²) < 4.78 is 14.6. The molecule has 0 unspecified atom stereocenters. The number of likely N-dealkylation sites (N-methyl/N-ethyl adjacent to an activating group) is 1. The first-order chi connectivity index (χ1) is 16.4. The van der Waals surface area contributed by atoms with Crippen molar-refractivity contribution in [2.24, 2.45) is 0 Å². The topological polar surface area (TPSA) is 60.8 Å². The SMILES string of the molecule is CN1C(=O)C(c2ccc3ccccc3c2O)(c2ccc3ccccc3c2O)c2cc(F)ccc21. The number of amides is 1. The molecule has 1 heterocycles. The molecule has 4 nitrogen and oxygen atoms in total. The number of aromatic hydroxyl groups is 2. The molecule has 0 fully saturated rings. The van der Waals surface area contributed by atoms with Crippen molar-refractivity contribution in [1.29, 1.82) is 0 Å². The highest BCUT2D eigenvalue weighted by molar-refractivity contribution is 6.15. The van der Waals surface area contributed by atoms with E-state index in [1.165, 1.54) is 17.0 Å². The van der Waals surface area contributed by atoms with Gasteiger partial charge in [-0.2, -0.15) is 0 Å². The number of hydrogen-bond acceptors (Lipinski definition) is 3. The van der Waals surface area contributed by atoms with Crippen LogP contribution < -0.4 is 4.90 Å². The van der Waals surface area contributed by atoms with Crippen molar-refractivity contribution >= 4 is 33.1 Å². The van der Waals surface area contributed by atoms with Crippen LogP contribution in [-0.4, -0.2) is 23.2 Å². The van der Waals surface area contributed by atoms with Crippen LogP contribution in [0.1, 0.15) is 16.7 Å². The fraction of sp³-hybridized carbons (Fsp3) is 0.0690. The van der Waals surface area contributed by atoms with E-state index in [0.29, 0.717) is 22.0 Å². The Kier molecular flexibility index (Phi) is 4.20. The van der Waals surface area contributed by atoms with Crippen LogP contribution in [0.2, 0.25) is 0 Å². The summed E-state index contributed by atoms with van der Waals surface area (Å²) in [5, 5.41) is 25.7. The lowest BCUT2D eigenvalue weighted by molar-refractivity contribution is -0.120. The average molecular weight is 449 g/mol. The van der Waals surface area contributed by atoms with E-state index in [-0.39, 0.29) is 28.5 Å². The van der Waals surface area contributed by atoms with E-state index < -0.39 is 11.2 Å². The smallest absolute Gasteiger partial charge is 0.246 e. The van der Waals surface area contributed by atoms with Gasteiger partial charge in [-0.25, -0.2) is 4.39 Å². The number of rotatable bonds is 2. The van der Waals surface area contributed by atoms with Crippen LogP contribution >= 0.6 is 0 Å². The first kappa shape index (κ1) is 20.2. The highest BCUT2D eigenvalue weighted by Gasteiger charge is 2.55. The lowest BCUT2D eigenvalue weighted by Gasteiger charge is -2.31. The Bertz CT molecular complexity index is 1560. The molecule has 0 radical (unpaired) electrons. The lowest BCUT2D eigenvalue weighted by Crippen LogP contribution is -2.41. The normalized spacial score (nSPS) is 14.6. The average Bonchev–Trinajstić information content (AvgIpc) is 3.07. The van der Waals surface area contributed by atoms with Crippen LogP contribution in [0.4, 0.5) is 10.1 Å². The molecule has 1 aliphatic heterocycles. The van der Waals surface area contributed by atoms with Crippen LogP contribution in [0, 0.1) is 5.82 Å². The van der Waals surface area contributed by atoms with Gasteiger partial charge in [0.05, 0.1) is 0 Å². The summed E-state index contributed by atoms with van der Waals surface area (Å²) in [6.07, 6.45) is 0. The van der Waals surface area contributed by atoms with Gasteiger partial charge in [0.15, 0.2) is 0 Å². The maximum atomic E-state index is 14.6. The number of phenolic OH excluding ortho intramolecular Hbond substituents is 2. The Morgan fingerprint density at radius 2 is 1.24 bits per heavy atom. The van der Waals surface area contributed by atoms with Crippen molar-refractivity contribution in [3.8, 4) is 11.5 Å². The van der Waals surface area contributed by atoms with Gasteiger partial charge in [-0.05, 0) is 29.0 Å². The summed E-state index contributed by atoms with van der Waals surface area (Å²) in [4.78, 5) is 15.6. The molecule has 166 valence electrons. The fourth-order valence-corrected chi connectivity index (χ4v) is 5.36. The molecule has 0 aliphatic carbocycles. The molecule has 5 aromatic rings. The Balaban J connectivity index is 1.81. The maximum absolute atomic E-state index is 14.6. The second-order valence-electron chi connectivity index (χ2n) is 8.64. The molecule has 5 heteroatoms. The van der Waals surface area contributed by atoms with Crippen LogP contribution in [0.15, 0.2) is 91.0 Å². The second kappa shape index (κ2) is 7.06. The Morgan fingerprint density at radius 3 is 1.79 bits per heavy atom.